The Hall–Kier alpha value is -0.940. The van der Waals surface area contributed by atoms with Gasteiger partial charge >= 0.3 is 5.97 Å². The van der Waals surface area contributed by atoms with Gasteiger partial charge in [-0.1, -0.05) is 32.6 Å². The molecule has 0 aromatic heterocycles. The molecule has 2 unspecified atom stereocenters. The first-order chi connectivity index (χ1) is 8.52. The Balaban J connectivity index is 3.95. The van der Waals surface area contributed by atoms with Gasteiger partial charge in [-0.05, 0) is 6.42 Å². The van der Waals surface area contributed by atoms with Gasteiger partial charge < -0.3 is 14.9 Å². The van der Waals surface area contributed by atoms with Crippen LogP contribution >= 0.6 is 0 Å². The number of unbranched alkanes of at least 4 members (excludes halogenated alkanes) is 4. The van der Waals surface area contributed by atoms with Gasteiger partial charge in [0.25, 0.3) is 0 Å². The second-order valence-electron chi connectivity index (χ2n) is 4.41. The highest BCUT2D eigenvalue weighted by Crippen LogP contribution is 2.09. The number of carbonyl (C=O) groups excluding carboxylic acids is 2. The van der Waals surface area contributed by atoms with Crippen molar-refractivity contribution in [2.45, 2.75) is 64.6 Å². The van der Waals surface area contributed by atoms with Gasteiger partial charge in [0.2, 0.25) is 0 Å². The lowest BCUT2D eigenvalue weighted by Crippen LogP contribution is -2.39. The average Bonchev–Trinajstić information content (AvgIpc) is 2.34. The van der Waals surface area contributed by atoms with Crippen molar-refractivity contribution in [1.29, 1.82) is 0 Å². The number of ketones is 1. The summed E-state index contributed by atoms with van der Waals surface area (Å²) in [5.74, 6) is -1.00. The number of rotatable bonds is 10. The SMILES string of the molecule is CCCCCCCC(=O)C(O)C(CO)OC(C)=O. The molecule has 0 aromatic rings. The minimum Gasteiger partial charge on any atom is -0.457 e. The highest BCUT2D eigenvalue weighted by molar-refractivity contribution is 5.83. The van der Waals surface area contributed by atoms with Crippen LogP contribution in [0.3, 0.4) is 0 Å². The number of aliphatic hydroxyl groups is 2. The van der Waals surface area contributed by atoms with E-state index in [0.717, 1.165) is 25.7 Å². The van der Waals surface area contributed by atoms with Gasteiger partial charge in [-0.3, -0.25) is 9.59 Å². The van der Waals surface area contributed by atoms with E-state index >= 15 is 0 Å². The number of hydrogen-bond donors (Lipinski definition) is 2. The molecule has 0 saturated heterocycles. The van der Waals surface area contributed by atoms with Crippen LogP contribution in [0.25, 0.3) is 0 Å². The molecule has 18 heavy (non-hydrogen) atoms. The van der Waals surface area contributed by atoms with E-state index in [1.807, 2.05) is 0 Å². The van der Waals surface area contributed by atoms with Crippen LogP contribution in [0.5, 0.6) is 0 Å². The smallest absolute Gasteiger partial charge is 0.303 e. The summed E-state index contributed by atoms with van der Waals surface area (Å²) in [4.78, 5) is 22.3. The second-order valence-corrected chi connectivity index (χ2v) is 4.41. The van der Waals surface area contributed by atoms with Crippen molar-refractivity contribution in [3.8, 4) is 0 Å². The van der Waals surface area contributed by atoms with Crippen LogP contribution in [0.1, 0.15) is 52.4 Å². The molecular weight excluding hydrogens is 236 g/mol. The fourth-order valence-corrected chi connectivity index (χ4v) is 1.67. The van der Waals surface area contributed by atoms with E-state index in [0.29, 0.717) is 6.42 Å². The van der Waals surface area contributed by atoms with Gasteiger partial charge in [-0.2, -0.15) is 0 Å². The molecule has 5 nitrogen and oxygen atoms in total. The van der Waals surface area contributed by atoms with Crippen LogP contribution in [-0.2, 0) is 14.3 Å². The first-order valence-electron chi connectivity index (χ1n) is 6.51. The highest BCUT2D eigenvalue weighted by atomic mass is 16.6. The van der Waals surface area contributed by atoms with Crippen LogP contribution in [-0.4, -0.2) is 40.8 Å². The Morgan fingerprint density at radius 2 is 1.78 bits per heavy atom. The minimum absolute atomic E-state index is 0.253. The largest absolute Gasteiger partial charge is 0.457 e. The molecule has 0 saturated carbocycles. The molecule has 0 fully saturated rings. The van der Waals surface area contributed by atoms with E-state index in [2.05, 4.69) is 11.7 Å². The summed E-state index contributed by atoms with van der Waals surface area (Å²) in [5.41, 5.74) is 0. The Bertz CT molecular complexity index is 252. The van der Waals surface area contributed by atoms with Crippen molar-refractivity contribution in [2.75, 3.05) is 6.61 Å². The number of aliphatic hydroxyl groups excluding tert-OH is 2. The van der Waals surface area contributed by atoms with Crippen molar-refractivity contribution in [3.63, 3.8) is 0 Å². The van der Waals surface area contributed by atoms with E-state index in [9.17, 15) is 14.7 Å². The zero-order chi connectivity index (χ0) is 14.0. The Labute approximate surface area is 108 Å². The number of carbonyl (C=O) groups is 2. The maximum atomic E-state index is 11.6. The summed E-state index contributed by atoms with van der Waals surface area (Å²) in [5, 5.41) is 18.6. The molecule has 0 aliphatic heterocycles. The van der Waals surface area contributed by atoms with Crippen LogP contribution < -0.4 is 0 Å². The summed E-state index contributed by atoms with van der Waals surface area (Å²) in [6, 6.07) is 0. The first kappa shape index (κ1) is 17.1. The summed E-state index contributed by atoms with van der Waals surface area (Å²) < 4.78 is 4.67. The maximum Gasteiger partial charge on any atom is 0.303 e. The van der Waals surface area contributed by atoms with Gasteiger partial charge in [0.15, 0.2) is 18.0 Å². The molecule has 0 bridgehead atoms. The molecule has 0 aliphatic carbocycles. The molecule has 0 spiro atoms. The lowest BCUT2D eigenvalue weighted by atomic mass is 10.0. The molecule has 106 valence electrons. The summed E-state index contributed by atoms with van der Waals surface area (Å²) in [6.07, 6.45) is 2.70. The third-order valence-corrected chi connectivity index (χ3v) is 2.71. The van der Waals surface area contributed by atoms with Gasteiger partial charge in [-0.15, -0.1) is 0 Å². The summed E-state index contributed by atoms with van der Waals surface area (Å²) in [7, 11) is 0. The average molecular weight is 260 g/mol. The topological polar surface area (TPSA) is 83.8 Å². The van der Waals surface area contributed by atoms with Crippen LogP contribution in [0.2, 0.25) is 0 Å². The number of esters is 1. The molecule has 2 N–H and O–H groups in total. The molecule has 0 radical (unpaired) electrons. The normalized spacial score (nSPS) is 14.0. The number of hydrogen-bond acceptors (Lipinski definition) is 5. The zero-order valence-electron chi connectivity index (χ0n) is 11.2. The van der Waals surface area contributed by atoms with E-state index in [-0.39, 0.29) is 12.2 Å². The lowest BCUT2D eigenvalue weighted by Gasteiger charge is -2.19. The summed E-state index contributed by atoms with van der Waals surface area (Å²) >= 11 is 0. The molecule has 0 rings (SSSR count). The van der Waals surface area contributed by atoms with Crippen molar-refractivity contribution in [1.82, 2.24) is 0 Å². The monoisotopic (exact) mass is 260 g/mol. The zero-order valence-corrected chi connectivity index (χ0v) is 11.2. The van der Waals surface area contributed by atoms with Gasteiger partial charge in [-0.25, -0.2) is 0 Å². The Kier molecular flexibility index (Phi) is 9.50. The Morgan fingerprint density at radius 1 is 1.17 bits per heavy atom. The van der Waals surface area contributed by atoms with Gasteiger partial charge in [0.05, 0.1) is 6.61 Å². The second kappa shape index (κ2) is 10.0. The van der Waals surface area contributed by atoms with Crippen LogP contribution in [0.4, 0.5) is 0 Å². The van der Waals surface area contributed by atoms with E-state index in [1.54, 1.807) is 0 Å². The van der Waals surface area contributed by atoms with Gasteiger partial charge in [0, 0.05) is 13.3 Å². The molecule has 0 heterocycles. The third kappa shape index (κ3) is 7.40. The number of ether oxygens (including phenoxy) is 1. The fraction of sp³-hybridized carbons (Fsp3) is 0.846. The molecular formula is C13H24O5. The van der Waals surface area contributed by atoms with Crippen molar-refractivity contribution < 1.29 is 24.5 Å². The quantitative estimate of drug-likeness (QED) is 0.455. The molecule has 2 atom stereocenters. The predicted molar refractivity (Wildman–Crippen MR) is 67.0 cm³/mol. The predicted octanol–water partition coefficient (Wildman–Crippen LogP) is 1.20. The van der Waals surface area contributed by atoms with Crippen LogP contribution in [0.15, 0.2) is 0 Å². The van der Waals surface area contributed by atoms with E-state index < -0.39 is 24.8 Å². The molecule has 0 aromatic carbocycles. The van der Waals surface area contributed by atoms with Crippen LogP contribution in [0, 0.1) is 0 Å². The lowest BCUT2D eigenvalue weighted by molar-refractivity contribution is -0.159. The fourth-order valence-electron chi connectivity index (χ4n) is 1.67. The van der Waals surface area contributed by atoms with Crippen molar-refractivity contribution >= 4 is 11.8 Å². The van der Waals surface area contributed by atoms with Gasteiger partial charge in [0.1, 0.15) is 0 Å². The molecule has 5 heteroatoms. The maximum absolute atomic E-state index is 11.6. The molecule has 0 amide bonds. The highest BCUT2D eigenvalue weighted by Gasteiger charge is 2.27. The minimum atomic E-state index is -1.43. The van der Waals surface area contributed by atoms with E-state index in [1.165, 1.54) is 6.92 Å². The van der Waals surface area contributed by atoms with Crippen molar-refractivity contribution in [2.24, 2.45) is 0 Å². The van der Waals surface area contributed by atoms with Crippen molar-refractivity contribution in [3.05, 3.63) is 0 Å². The third-order valence-electron chi connectivity index (χ3n) is 2.71. The first-order valence-corrected chi connectivity index (χ1v) is 6.51. The molecule has 0 aliphatic rings. The summed E-state index contributed by atoms with van der Waals surface area (Å²) in [6.45, 7) is 2.73. The number of Topliss-reactive ketones (excluding diaryl/α,β-unsaturated/α-hetero) is 1. The van der Waals surface area contributed by atoms with E-state index in [4.69, 9.17) is 5.11 Å². The Morgan fingerprint density at radius 3 is 2.28 bits per heavy atom. The standard InChI is InChI=1S/C13H24O5/c1-3-4-5-6-7-8-11(16)13(17)12(9-14)18-10(2)15/h12-14,17H,3-9H2,1-2H3.